The van der Waals surface area contributed by atoms with Gasteiger partial charge < -0.3 is 5.32 Å². The average molecular weight is 132 g/mol. The predicted octanol–water partition coefficient (Wildman–Crippen LogP) is 0.956. The summed E-state index contributed by atoms with van der Waals surface area (Å²) >= 11 is 0. The summed E-state index contributed by atoms with van der Waals surface area (Å²) in [7, 11) is 0. The highest BCUT2D eigenvalue weighted by molar-refractivity contribution is 5.85. The lowest BCUT2D eigenvalue weighted by molar-refractivity contribution is 0.714. The van der Waals surface area contributed by atoms with Crippen LogP contribution in [0.25, 0.3) is 0 Å². The molecule has 1 aliphatic carbocycles. The molecular formula is C6H10ClN. The number of nitrogens with one attached hydrogen (secondary N) is 1. The number of rotatable bonds is 0. The first-order chi connectivity index (χ1) is 3.45. The van der Waals surface area contributed by atoms with Gasteiger partial charge in [0, 0.05) is 12.6 Å². The van der Waals surface area contributed by atoms with Crippen molar-refractivity contribution in [2.75, 3.05) is 6.54 Å². The van der Waals surface area contributed by atoms with Gasteiger partial charge in [-0.2, -0.15) is 0 Å². The van der Waals surface area contributed by atoms with Crippen LogP contribution in [0.1, 0.15) is 6.42 Å². The van der Waals surface area contributed by atoms with E-state index in [9.17, 15) is 0 Å². The molecule has 0 spiro atoms. The fourth-order valence-electron chi connectivity index (χ4n) is 1.38. The molecule has 1 N–H and O–H groups in total. The van der Waals surface area contributed by atoms with Crippen LogP contribution in [0.2, 0.25) is 0 Å². The topological polar surface area (TPSA) is 12.0 Å². The molecule has 2 aliphatic rings. The molecule has 1 aliphatic heterocycles. The van der Waals surface area contributed by atoms with Gasteiger partial charge in [-0.25, -0.2) is 0 Å². The highest BCUT2D eigenvalue weighted by atomic mass is 35.5. The van der Waals surface area contributed by atoms with Gasteiger partial charge in [0.1, 0.15) is 0 Å². The quantitative estimate of drug-likeness (QED) is 0.483. The molecule has 2 rings (SSSR count). The molecule has 2 heteroatoms. The Balaban J connectivity index is 0.000000320. The molecule has 1 nitrogen and oxygen atoms in total. The second kappa shape index (κ2) is 2.08. The second-order valence-electron chi connectivity index (χ2n) is 2.40. The Morgan fingerprint density at radius 2 is 2.25 bits per heavy atom. The first-order valence-electron chi connectivity index (χ1n) is 2.87. The van der Waals surface area contributed by atoms with Crippen LogP contribution in [0, 0.1) is 5.92 Å². The minimum atomic E-state index is 0. The standard InChI is InChI=1S/C6H9N.ClH/c1-2-6-3-5(1)4-7-6;/h1-2,5-7H,3-4H2;1H/t5-,6+;/m0./s1. The van der Waals surface area contributed by atoms with Gasteiger partial charge in [0.05, 0.1) is 0 Å². The van der Waals surface area contributed by atoms with Gasteiger partial charge >= 0.3 is 0 Å². The zero-order chi connectivity index (χ0) is 4.69. The van der Waals surface area contributed by atoms with Crippen molar-refractivity contribution in [3.63, 3.8) is 0 Å². The minimum absolute atomic E-state index is 0. The van der Waals surface area contributed by atoms with E-state index >= 15 is 0 Å². The number of hydrogen-bond acceptors (Lipinski definition) is 1. The van der Waals surface area contributed by atoms with Gasteiger partial charge in [0.15, 0.2) is 0 Å². The van der Waals surface area contributed by atoms with Crippen molar-refractivity contribution in [3.8, 4) is 0 Å². The molecule has 2 bridgehead atoms. The van der Waals surface area contributed by atoms with E-state index in [1.54, 1.807) is 0 Å². The van der Waals surface area contributed by atoms with E-state index in [1.807, 2.05) is 0 Å². The summed E-state index contributed by atoms with van der Waals surface area (Å²) in [6.07, 6.45) is 5.95. The third-order valence-electron chi connectivity index (χ3n) is 1.81. The maximum absolute atomic E-state index is 3.37. The van der Waals surface area contributed by atoms with Crippen LogP contribution in [0.5, 0.6) is 0 Å². The molecule has 0 aromatic carbocycles. The molecule has 0 amide bonds. The maximum atomic E-state index is 3.37. The lowest BCUT2D eigenvalue weighted by atomic mass is 10.2. The van der Waals surface area contributed by atoms with E-state index < -0.39 is 0 Å². The van der Waals surface area contributed by atoms with Crippen molar-refractivity contribution in [1.82, 2.24) is 5.32 Å². The molecule has 1 saturated heterocycles. The van der Waals surface area contributed by atoms with Gasteiger partial charge in [-0.1, -0.05) is 12.2 Å². The molecule has 1 heterocycles. The maximum Gasteiger partial charge on any atom is 0.0256 e. The zero-order valence-electron chi connectivity index (χ0n) is 4.63. The van der Waals surface area contributed by atoms with Crippen molar-refractivity contribution in [3.05, 3.63) is 12.2 Å². The van der Waals surface area contributed by atoms with E-state index in [-0.39, 0.29) is 12.4 Å². The van der Waals surface area contributed by atoms with Crippen LogP contribution in [0.15, 0.2) is 12.2 Å². The van der Waals surface area contributed by atoms with Crippen molar-refractivity contribution >= 4 is 12.4 Å². The first-order valence-corrected chi connectivity index (χ1v) is 2.87. The Bertz CT molecular complexity index is 99.1. The summed E-state index contributed by atoms with van der Waals surface area (Å²) in [5.74, 6) is 0.880. The molecule has 0 unspecified atom stereocenters. The Kier molecular flexibility index (Phi) is 1.59. The van der Waals surface area contributed by atoms with Crippen LogP contribution < -0.4 is 5.32 Å². The summed E-state index contributed by atoms with van der Waals surface area (Å²) in [5, 5.41) is 3.37. The van der Waals surface area contributed by atoms with E-state index in [4.69, 9.17) is 0 Å². The summed E-state index contributed by atoms with van der Waals surface area (Å²) in [6, 6.07) is 0.741. The first kappa shape index (κ1) is 6.12. The molecule has 1 fully saturated rings. The lowest BCUT2D eigenvalue weighted by Crippen LogP contribution is -2.20. The molecule has 46 valence electrons. The van der Waals surface area contributed by atoms with Gasteiger partial charge in [-0.05, 0) is 12.3 Å². The van der Waals surface area contributed by atoms with Crippen molar-refractivity contribution in [1.29, 1.82) is 0 Å². The number of hydrogen-bond donors (Lipinski definition) is 1. The Hall–Kier alpha value is -0.0100. The molecule has 8 heavy (non-hydrogen) atoms. The average Bonchev–Trinajstić information content (AvgIpc) is 2.22. The Morgan fingerprint density at radius 1 is 1.38 bits per heavy atom. The van der Waals surface area contributed by atoms with Crippen LogP contribution in [-0.2, 0) is 0 Å². The predicted molar refractivity (Wildman–Crippen MR) is 36.3 cm³/mol. The Labute approximate surface area is 55.6 Å². The lowest BCUT2D eigenvalue weighted by Gasteiger charge is -2.00. The normalized spacial score (nSPS) is 40.0. The molecule has 0 radical (unpaired) electrons. The fraction of sp³-hybridized carbons (Fsp3) is 0.667. The van der Waals surface area contributed by atoms with Crippen LogP contribution >= 0.6 is 12.4 Å². The van der Waals surface area contributed by atoms with Gasteiger partial charge in [-0.3, -0.25) is 0 Å². The van der Waals surface area contributed by atoms with Gasteiger partial charge in [0.25, 0.3) is 0 Å². The van der Waals surface area contributed by atoms with E-state index in [0.717, 1.165) is 12.0 Å². The molecule has 2 atom stereocenters. The molecule has 0 aromatic heterocycles. The van der Waals surface area contributed by atoms with Crippen molar-refractivity contribution in [2.45, 2.75) is 12.5 Å². The van der Waals surface area contributed by atoms with Crippen molar-refractivity contribution < 1.29 is 0 Å². The fourth-order valence-corrected chi connectivity index (χ4v) is 1.38. The Morgan fingerprint density at radius 3 is 2.38 bits per heavy atom. The SMILES string of the molecule is C1=C[C@@H]2C[C@H]1CN2.Cl. The van der Waals surface area contributed by atoms with E-state index in [0.29, 0.717) is 0 Å². The monoisotopic (exact) mass is 131 g/mol. The minimum Gasteiger partial charge on any atom is -0.310 e. The largest absolute Gasteiger partial charge is 0.310 e. The number of fused-ring (bicyclic) bond motifs is 2. The van der Waals surface area contributed by atoms with Gasteiger partial charge in [-0.15, -0.1) is 12.4 Å². The third-order valence-corrected chi connectivity index (χ3v) is 1.81. The molecule has 0 saturated carbocycles. The summed E-state index contributed by atoms with van der Waals surface area (Å²) in [4.78, 5) is 0. The number of halogens is 1. The van der Waals surface area contributed by atoms with Crippen LogP contribution in [0.4, 0.5) is 0 Å². The van der Waals surface area contributed by atoms with Crippen molar-refractivity contribution in [2.24, 2.45) is 5.92 Å². The highest BCUT2D eigenvalue weighted by Gasteiger charge is 2.24. The third kappa shape index (κ3) is 0.762. The molecule has 0 aromatic rings. The smallest absolute Gasteiger partial charge is 0.0256 e. The summed E-state index contributed by atoms with van der Waals surface area (Å²) < 4.78 is 0. The highest BCUT2D eigenvalue weighted by Crippen LogP contribution is 2.22. The zero-order valence-corrected chi connectivity index (χ0v) is 5.45. The summed E-state index contributed by atoms with van der Waals surface area (Å²) in [6.45, 7) is 1.22. The molecular weight excluding hydrogens is 122 g/mol. The second-order valence-corrected chi connectivity index (χ2v) is 2.40. The van der Waals surface area contributed by atoms with Crippen LogP contribution in [-0.4, -0.2) is 12.6 Å². The van der Waals surface area contributed by atoms with E-state index in [2.05, 4.69) is 17.5 Å². The van der Waals surface area contributed by atoms with Crippen LogP contribution in [0.3, 0.4) is 0 Å². The van der Waals surface area contributed by atoms with Gasteiger partial charge in [0.2, 0.25) is 0 Å². The van der Waals surface area contributed by atoms with E-state index in [1.165, 1.54) is 13.0 Å². The summed E-state index contributed by atoms with van der Waals surface area (Å²) in [5.41, 5.74) is 0.